The van der Waals surface area contributed by atoms with Crippen molar-refractivity contribution in [3.8, 4) is 204 Å². The molecule has 0 radical (unpaired) electrons. The van der Waals surface area contributed by atoms with Crippen LogP contribution in [-0.2, 0) is 0 Å². The molecule has 20 rings (SSSR count). The predicted molar refractivity (Wildman–Crippen MR) is 475 cm³/mol. The standard InChI is InChI=1S/2C52H34N8/c1-5-17-35(18-6-1)45-33-46(57-49(56-45)36-19-7-2-8-20-36)39-28-29-44(54-34-39)48-32-40(31-47(55-48)43-27-15-16-30-53-43)41-25-13-14-26-42(41)52-59-50(37-21-9-3-10-22-37)58-51(60-52)38-23-11-4-12-24-38;1-5-16-36(17-6-1)45-34-46(37-18-7-2-8-19-37)57-52(56-45)44-26-15-25-43(54-44)48-33-41(32-47(55-48)42-24-13-14-31-53-42)35-27-29-40(30-28-35)51-59-49(38-20-9-3-10-21-38)58-50(60-51)39-22-11-4-12-23-39/h2*1-34H. The zero-order chi connectivity index (χ0) is 80.2. The summed E-state index contributed by atoms with van der Waals surface area (Å²) in [6, 6.07) is 131. The minimum Gasteiger partial charge on any atom is -0.255 e. The second-order valence-electron chi connectivity index (χ2n) is 28.1. The quantitative estimate of drug-likeness (QED) is 0.0783. The van der Waals surface area contributed by atoms with Gasteiger partial charge in [-0.1, -0.05) is 309 Å². The largest absolute Gasteiger partial charge is 0.255 e. The smallest absolute Gasteiger partial charge is 0.179 e. The highest BCUT2D eigenvalue weighted by atomic mass is 15.0. The molecular weight excluding hydrogens is 1470 g/mol. The van der Waals surface area contributed by atoms with Crippen LogP contribution in [0.1, 0.15) is 0 Å². The third-order valence-electron chi connectivity index (χ3n) is 20.1. The Morgan fingerprint density at radius 2 is 0.400 bits per heavy atom. The van der Waals surface area contributed by atoms with E-state index in [4.69, 9.17) is 69.8 Å². The molecule has 10 aromatic carbocycles. The average molecular weight is 1540 g/mol. The molecule has 16 heteroatoms. The van der Waals surface area contributed by atoms with Gasteiger partial charge in [0.15, 0.2) is 46.6 Å². The SMILES string of the molecule is c1ccc(-c2cc(-c3ccc(-c4cc(-c5ccccc5-c5nc(-c6ccccc6)nc(-c6ccccc6)n5)cc(-c5ccccn5)n4)nc3)nc(-c3ccccc3)n2)cc1.c1ccc(-c2cc(-c3ccccc3)nc(-c3cccc(-c4cc(-c5ccc(-c6nc(-c7ccccc7)nc(-c7ccccc7)n6)cc5)cc(-c5ccccn5)n4)n3)n2)cc1. The molecule has 0 bridgehead atoms. The number of pyridine rings is 6. The van der Waals surface area contributed by atoms with Gasteiger partial charge in [0, 0.05) is 79.8 Å². The Labute approximate surface area is 692 Å². The van der Waals surface area contributed by atoms with Gasteiger partial charge in [0.05, 0.1) is 68.3 Å². The fourth-order valence-electron chi connectivity index (χ4n) is 14.1. The highest BCUT2D eigenvalue weighted by Crippen LogP contribution is 2.39. The molecule has 20 aromatic rings. The van der Waals surface area contributed by atoms with E-state index in [-0.39, 0.29) is 0 Å². The molecule has 0 aliphatic carbocycles. The van der Waals surface area contributed by atoms with E-state index in [0.29, 0.717) is 80.8 Å². The number of rotatable bonds is 18. The molecule has 10 heterocycles. The van der Waals surface area contributed by atoms with E-state index in [1.807, 2.05) is 303 Å². The first kappa shape index (κ1) is 73.5. The zero-order valence-electron chi connectivity index (χ0n) is 64.4. The second-order valence-corrected chi connectivity index (χ2v) is 28.1. The summed E-state index contributed by atoms with van der Waals surface area (Å²) < 4.78 is 0. The van der Waals surface area contributed by atoms with Crippen LogP contribution < -0.4 is 0 Å². The molecule has 16 nitrogen and oxygen atoms in total. The second kappa shape index (κ2) is 34.1. The Kier molecular flexibility index (Phi) is 20.9. The molecule has 564 valence electrons. The van der Waals surface area contributed by atoms with E-state index >= 15 is 0 Å². The van der Waals surface area contributed by atoms with Crippen molar-refractivity contribution in [1.82, 2.24) is 79.7 Å². The zero-order valence-corrected chi connectivity index (χ0v) is 64.4. The molecule has 0 saturated carbocycles. The molecule has 0 spiro atoms. The van der Waals surface area contributed by atoms with Crippen molar-refractivity contribution in [2.45, 2.75) is 0 Å². The molecule has 0 aliphatic heterocycles. The van der Waals surface area contributed by atoms with Crippen LogP contribution in [0.2, 0.25) is 0 Å². The van der Waals surface area contributed by atoms with E-state index in [1.54, 1.807) is 12.4 Å². The maximum atomic E-state index is 5.14. The minimum atomic E-state index is 0.526. The monoisotopic (exact) mass is 1540 g/mol. The Hall–Kier alpha value is -16.7. The van der Waals surface area contributed by atoms with E-state index in [2.05, 4.69) is 107 Å². The van der Waals surface area contributed by atoms with Crippen LogP contribution in [0.4, 0.5) is 0 Å². The first-order valence-electron chi connectivity index (χ1n) is 39.2. The normalized spacial score (nSPS) is 11.0. The predicted octanol–water partition coefficient (Wildman–Crippen LogP) is 23.7. The first-order valence-corrected chi connectivity index (χ1v) is 39.2. The maximum absolute atomic E-state index is 5.14. The summed E-state index contributed by atoms with van der Waals surface area (Å²) >= 11 is 0. The summed E-state index contributed by atoms with van der Waals surface area (Å²) in [4.78, 5) is 79.5. The van der Waals surface area contributed by atoms with Gasteiger partial charge in [0.2, 0.25) is 0 Å². The molecule has 10 aromatic heterocycles. The van der Waals surface area contributed by atoms with Gasteiger partial charge < -0.3 is 0 Å². The fourth-order valence-corrected chi connectivity index (χ4v) is 14.1. The molecule has 0 fully saturated rings. The van der Waals surface area contributed by atoms with Crippen molar-refractivity contribution in [3.05, 3.63) is 413 Å². The van der Waals surface area contributed by atoms with Crippen LogP contribution in [0, 0.1) is 0 Å². The molecule has 120 heavy (non-hydrogen) atoms. The van der Waals surface area contributed by atoms with Gasteiger partial charge in [-0.2, -0.15) is 0 Å². The highest BCUT2D eigenvalue weighted by Gasteiger charge is 2.22. The van der Waals surface area contributed by atoms with Crippen molar-refractivity contribution in [1.29, 1.82) is 0 Å². The van der Waals surface area contributed by atoms with Gasteiger partial charge in [-0.25, -0.2) is 64.8 Å². The summed E-state index contributed by atoms with van der Waals surface area (Å²) in [5.41, 5.74) is 23.6. The van der Waals surface area contributed by atoms with Gasteiger partial charge in [0.25, 0.3) is 0 Å². The molecule has 0 saturated heterocycles. The number of hydrogen-bond acceptors (Lipinski definition) is 16. The fraction of sp³-hybridized carbons (Fsp3) is 0. The highest BCUT2D eigenvalue weighted by molar-refractivity contribution is 5.86. The van der Waals surface area contributed by atoms with Crippen molar-refractivity contribution in [2.75, 3.05) is 0 Å². The summed E-state index contributed by atoms with van der Waals surface area (Å²) in [5.74, 6) is 4.75. The molecule has 0 unspecified atom stereocenters. The third-order valence-corrected chi connectivity index (χ3v) is 20.1. The van der Waals surface area contributed by atoms with Gasteiger partial charge in [-0.15, -0.1) is 0 Å². The summed E-state index contributed by atoms with van der Waals surface area (Å²) in [7, 11) is 0. The lowest BCUT2D eigenvalue weighted by Crippen LogP contribution is -2.01. The van der Waals surface area contributed by atoms with Gasteiger partial charge >= 0.3 is 0 Å². The Morgan fingerprint density at radius 1 is 0.117 bits per heavy atom. The van der Waals surface area contributed by atoms with Crippen LogP contribution in [0.3, 0.4) is 0 Å². The summed E-state index contributed by atoms with van der Waals surface area (Å²) in [5, 5.41) is 0. The van der Waals surface area contributed by atoms with Crippen molar-refractivity contribution in [2.24, 2.45) is 0 Å². The van der Waals surface area contributed by atoms with Crippen LogP contribution in [0.5, 0.6) is 0 Å². The van der Waals surface area contributed by atoms with Gasteiger partial charge in [-0.05, 0) is 107 Å². The maximum Gasteiger partial charge on any atom is 0.179 e. The van der Waals surface area contributed by atoms with Crippen molar-refractivity contribution >= 4 is 0 Å². The minimum absolute atomic E-state index is 0.526. The van der Waals surface area contributed by atoms with Crippen molar-refractivity contribution in [3.63, 3.8) is 0 Å². The Morgan fingerprint density at radius 3 is 0.792 bits per heavy atom. The van der Waals surface area contributed by atoms with Crippen LogP contribution in [-0.4, -0.2) is 79.7 Å². The lowest BCUT2D eigenvalue weighted by atomic mass is 9.97. The number of nitrogens with zero attached hydrogens (tertiary/aromatic N) is 16. The van der Waals surface area contributed by atoms with E-state index in [9.17, 15) is 0 Å². The average Bonchev–Trinajstić information content (AvgIpc) is 0.776. The number of hydrogen-bond donors (Lipinski definition) is 0. The molecule has 0 amide bonds. The first-order chi connectivity index (χ1) is 59.4. The lowest BCUT2D eigenvalue weighted by Gasteiger charge is -2.14. The molecule has 0 N–H and O–H groups in total. The van der Waals surface area contributed by atoms with Crippen LogP contribution >= 0.6 is 0 Å². The Balaban J connectivity index is 0.000000159. The van der Waals surface area contributed by atoms with E-state index < -0.39 is 0 Å². The molecular formula is C104H68N16. The lowest BCUT2D eigenvalue weighted by molar-refractivity contribution is 1.07. The third kappa shape index (κ3) is 16.5. The molecule has 0 aliphatic rings. The van der Waals surface area contributed by atoms with Gasteiger partial charge in [0.1, 0.15) is 5.69 Å². The number of benzene rings is 10. The topological polar surface area (TPSA) is 206 Å². The van der Waals surface area contributed by atoms with Crippen molar-refractivity contribution < 1.29 is 0 Å². The van der Waals surface area contributed by atoms with E-state index in [1.165, 1.54) is 0 Å². The number of aromatic nitrogens is 16. The molecule has 0 atom stereocenters. The van der Waals surface area contributed by atoms with Crippen LogP contribution in [0.25, 0.3) is 204 Å². The van der Waals surface area contributed by atoms with E-state index in [0.717, 1.165) is 123 Å². The van der Waals surface area contributed by atoms with Crippen LogP contribution in [0.15, 0.2) is 413 Å². The summed E-state index contributed by atoms with van der Waals surface area (Å²) in [6.07, 6.45) is 5.41. The Bertz CT molecular complexity index is 6730. The van der Waals surface area contributed by atoms with Gasteiger partial charge in [-0.3, -0.25) is 15.0 Å². The summed E-state index contributed by atoms with van der Waals surface area (Å²) in [6.45, 7) is 0.